The number of rotatable bonds is 4. The van der Waals surface area contributed by atoms with Crippen molar-refractivity contribution in [3.05, 3.63) is 63.6 Å². The summed E-state index contributed by atoms with van der Waals surface area (Å²) in [6.07, 6.45) is 0. The first-order valence-electron chi connectivity index (χ1n) is 7.50. The largest absolute Gasteiger partial charge is 0.490 e. The van der Waals surface area contributed by atoms with Gasteiger partial charge in [0.2, 0.25) is 5.55 Å². The molecule has 7 heteroatoms. The fourth-order valence-electron chi connectivity index (χ4n) is 2.35. The highest BCUT2D eigenvalue weighted by atomic mass is 35.5. The Balaban J connectivity index is 2.01. The number of fused-ring (bicyclic) bond motifs is 1. The molecule has 2 N–H and O–H groups in total. The van der Waals surface area contributed by atoms with E-state index in [1.54, 1.807) is 36.4 Å². The van der Waals surface area contributed by atoms with Crippen LogP contribution in [0.3, 0.4) is 0 Å². The van der Waals surface area contributed by atoms with Gasteiger partial charge in [0.1, 0.15) is 5.56 Å². The van der Waals surface area contributed by atoms with Crippen LogP contribution in [-0.2, 0) is 0 Å². The third-order valence-corrected chi connectivity index (χ3v) is 4.04. The van der Waals surface area contributed by atoms with Crippen molar-refractivity contribution in [2.75, 3.05) is 11.9 Å². The maximum atomic E-state index is 12.5. The van der Waals surface area contributed by atoms with Gasteiger partial charge in [0, 0.05) is 10.4 Å². The first kappa shape index (κ1) is 17.3. The van der Waals surface area contributed by atoms with Crippen LogP contribution in [0.15, 0.2) is 46.9 Å². The molecule has 1 aromatic heterocycles. The zero-order chi connectivity index (χ0) is 18.0. The molecule has 0 fully saturated rings. The van der Waals surface area contributed by atoms with Crippen LogP contribution in [0.25, 0.3) is 11.0 Å². The van der Waals surface area contributed by atoms with Gasteiger partial charge in [0.15, 0.2) is 11.3 Å². The fraction of sp³-hybridized carbons (Fsp3) is 0.111. The van der Waals surface area contributed by atoms with Gasteiger partial charge in [0.25, 0.3) is 5.91 Å². The third kappa shape index (κ3) is 3.62. The van der Waals surface area contributed by atoms with E-state index in [0.29, 0.717) is 39.1 Å². The Bertz CT molecular complexity index is 1010. The molecule has 0 radical (unpaired) electrons. The molecule has 0 aliphatic carbocycles. The molecular weight excluding hydrogens is 363 g/mol. The van der Waals surface area contributed by atoms with E-state index in [-0.39, 0.29) is 11.1 Å². The standard InChI is InChI=1S/C18H14Cl2N2O3/c1-2-24-15-5-3-4-10-8-12(17(21)25-16(10)15)18(23)22-14-9-11(19)6-7-13(14)20/h3-9,21H,2H2,1H3,(H,22,23). The van der Waals surface area contributed by atoms with E-state index in [0.717, 1.165) is 0 Å². The monoisotopic (exact) mass is 376 g/mol. The van der Waals surface area contributed by atoms with Crippen LogP contribution in [0.4, 0.5) is 5.69 Å². The zero-order valence-corrected chi connectivity index (χ0v) is 14.7. The van der Waals surface area contributed by atoms with E-state index in [4.69, 9.17) is 37.8 Å². The van der Waals surface area contributed by atoms with Crippen LogP contribution in [0.5, 0.6) is 5.75 Å². The number of hydrogen-bond acceptors (Lipinski definition) is 4. The van der Waals surface area contributed by atoms with Crippen LogP contribution >= 0.6 is 23.2 Å². The molecule has 25 heavy (non-hydrogen) atoms. The average Bonchev–Trinajstić information content (AvgIpc) is 2.58. The van der Waals surface area contributed by atoms with Crippen LogP contribution in [0.1, 0.15) is 17.3 Å². The minimum Gasteiger partial charge on any atom is -0.490 e. The quantitative estimate of drug-likeness (QED) is 0.681. The van der Waals surface area contributed by atoms with E-state index < -0.39 is 5.91 Å². The summed E-state index contributed by atoms with van der Waals surface area (Å²) in [5.74, 6) is 0.0139. The second-order valence-electron chi connectivity index (χ2n) is 5.18. The lowest BCUT2D eigenvalue weighted by Crippen LogP contribution is -2.21. The van der Waals surface area contributed by atoms with Gasteiger partial charge in [-0.2, -0.15) is 0 Å². The summed E-state index contributed by atoms with van der Waals surface area (Å²) in [4.78, 5) is 12.5. The predicted octanol–water partition coefficient (Wildman–Crippen LogP) is 4.87. The van der Waals surface area contributed by atoms with Crippen molar-refractivity contribution in [3.63, 3.8) is 0 Å². The van der Waals surface area contributed by atoms with Gasteiger partial charge >= 0.3 is 0 Å². The predicted molar refractivity (Wildman–Crippen MR) is 97.7 cm³/mol. The van der Waals surface area contributed by atoms with Crippen molar-refractivity contribution < 1.29 is 13.9 Å². The molecule has 128 valence electrons. The molecule has 3 aromatic rings. The molecule has 2 aromatic carbocycles. The molecule has 0 unspecified atom stereocenters. The van der Waals surface area contributed by atoms with Gasteiger partial charge in [-0.15, -0.1) is 0 Å². The number of carbonyl (C=O) groups excluding carboxylic acids is 1. The summed E-state index contributed by atoms with van der Waals surface area (Å²) < 4.78 is 11.0. The molecular formula is C18H14Cl2N2O3. The van der Waals surface area contributed by atoms with Crippen molar-refractivity contribution >= 4 is 45.8 Å². The van der Waals surface area contributed by atoms with E-state index in [9.17, 15) is 4.79 Å². The second kappa shape index (κ2) is 7.17. The summed E-state index contributed by atoms with van der Waals surface area (Å²) >= 11 is 12.0. The summed E-state index contributed by atoms with van der Waals surface area (Å²) in [6, 6.07) is 11.6. The lowest BCUT2D eigenvalue weighted by atomic mass is 10.1. The molecule has 1 amide bonds. The summed E-state index contributed by atoms with van der Waals surface area (Å²) in [5.41, 5.74) is 0.598. The Labute approximate surface area is 153 Å². The number of benzene rings is 2. The highest BCUT2D eigenvalue weighted by molar-refractivity contribution is 6.35. The Morgan fingerprint density at radius 3 is 2.80 bits per heavy atom. The number of amides is 1. The molecule has 0 aliphatic heterocycles. The molecule has 0 bridgehead atoms. The molecule has 0 saturated heterocycles. The smallest absolute Gasteiger partial charge is 0.261 e. The van der Waals surface area contributed by atoms with Crippen LogP contribution < -0.4 is 15.6 Å². The minimum absolute atomic E-state index is 0.0807. The van der Waals surface area contributed by atoms with Gasteiger partial charge in [0.05, 0.1) is 17.3 Å². The minimum atomic E-state index is -0.512. The second-order valence-corrected chi connectivity index (χ2v) is 6.02. The molecule has 3 rings (SSSR count). The molecule has 0 atom stereocenters. The summed E-state index contributed by atoms with van der Waals surface area (Å²) in [7, 11) is 0. The van der Waals surface area contributed by atoms with Crippen molar-refractivity contribution in [2.45, 2.75) is 6.92 Å². The maximum absolute atomic E-state index is 12.5. The third-order valence-electron chi connectivity index (χ3n) is 3.48. The molecule has 1 heterocycles. The first-order valence-corrected chi connectivity index (χ1v) is 8.26. The lowest BCUT2D eigenvalue weighted by molar-refractivity contribution is 0.102. The van der Waals surface area contributed by atoms with Crippen LogP contribution in [-0.4, -0.2) is 12.5 Å². The number of carbonyl (C=O) groups is 1. The van der Waals surface area contributed by atoms with Crippen LogP contribution in [0, 0.1) is 5.41 Å². The van der Waals surface area contributed by atoms with Gasteiger partial charge in [-0.05, 0) is 37.3 Å². The topological polar surface area (TPSA) is 75.3 Å². The zero-order valence-electron chi connectivity index (χ0n) is 13.2. The van der Waals surface area contributed by atoms with E-state index in [1.807, 2.05) is 6.92 Å². The Hall–Kier alpha value is -2.50. The van der Waals surface area contributed by atoms with Gasteiger partial charge in [-0.3, -0.25) is 10.2 Å². The average molecular weight is 377 g/mol. The SMILES string of the molecule is CCOc1cccc2cc(C(=O)Nc3cc(Cl)ccc3Cl)c(=N)oc12. The Morgan fingerprint density at radius 1 is 1.24 bits per heavy atom. The van der Waals surface area contributed by atoms with Gasteiger partial charge < -0.3 is 14.5 Å². The Kier molecular flexibility index (Phi) is 4.97. The van der Waals surface area contributed by atoms with Crippen molar-refractivity contribution in [1.29, 1.82) is 5.41 Å². The van der Waals surface area contributed by atoms with E-state index in [2.05, 4.69) is 5.32 Å². The summed E-state index contributed by atoms with van der Waals surface area (Å²) in [5, 5.41) is 12.1. The molecule has 0 spiro atoms. The molecule has 0 aliphatic rings. The van der Waals surface area contributed by atoms with E-state index >= 15 is 0 Å². The van der Waals surface area contributed by atoms with Gasteiger partial charge in [-0.25, -0.2) is 0 Å². The van der Waals surface area contributed by atoms with Crippen molar-refractivity contribution in [2.24, 2.45) is 0 Å². The fourth-order valence-corrected chi connectivity index (χ4v) is 2.69. The number of halogens is 2. The van der Waals surface area contributed by atoms with Gasteiger partial charge in [-0.1, -0.05) is 35.3 Å². The van der Waals surface area contributed by atoms with Crippen molar-refractivity contribution in [1.82, 2.24) is 0 Å². The Morgan fingerprint density at radius 2 is 2.04 bits per heavy atom. The number of para-hydroxylation sites is 1. The first-order chi connectivity index (χ1) is 12.0. The molecule has 5 nitrogen and oxygen atoms in total. The normalized spacial score (nSPS) is 10.7. The summed E-state index contributed by atoms with van der Waals surface area (Å²) in [6.45, 7) is 2.33. The maximum Gasteiger partial charge on any atom is 0.261 e. The van der Waals surface area contributed by atoms with Crippen molar-refractivity contribution in [3.8, 4) is 5.75 Å². The van der Waals surface area contributed by atoms with E-state index in [1.165, 1.54) is 6.07 Å². The molecule has 0 saturated carbocycles. The highest BCUT2D eigenvalue weighted by Crippen LogP contribution is 2.27. The number of nitrogens with one attached hydrogen (secondary N) is 2. The number of hydrogen-bond donors (Lipinski definition) is 2. The number of ether oxygens (including phenoxy) is 1. The highest BCUT2D eigenvalue weighted by Gasteiger charge is 2.15. The van der Waals surface area contributed by atoms with Crippen LogP contribution in [0.2, 0.25) is 10.0 Å². The number of anilines is 1. The lowest BCUT2D eigenvalue weighted by Gasteiger charge is -2.10.